The van der Waals surface area contributed by atoms with Crippen molar-refractivity contribution >= 4 is 6.29 Å². The molecule has 65 valence electrons. The predicted octanol–water partition coefficient (Wildman–Crippen LogP) is 3.00. The number of hydrogen-bond acceptors (Lipinski definition) is 1. The fourth-order valence-electron chi connectivity index (χ4n) is 0.881. The van der Waals surface area contributed by atoms with Crippen LogP contribution in [0.1, 0.15) is 46.5 Å². The molecule has 0 rings (SSSR count). The van der Waals surface area contributed by atoms with Crippen LogP contribution in [-0.2, 0) is 4.79 Å². The average molecular weight is 155 g/mol. The molecular formula is C10H19O. The van der Waals surface area contributed by atoms with Gasteiger partial charge < -0.3 is 4.79 Å². The highest BCUT2D eigenvalue weighted by Crippen LogP contribution is 2.21. The van der Waals surface area contributed by atoms with E-state index in [0.717, 1.165) is 25.5 Å². The van der Waals surface area contributed by atoms with Gasteiger partial charge in [-0.1, -0.05) is 20.8 Å². The third-order valence-corrected chi connectivity index (χ3v) is 1.49. The van der Waals surface area contributed by atoms with E-state index in [1.165, 1.54) is 0 Å². The molecule has 0 aliphatic rings. The molecule has 0 aromatic rings. The molecule has 0 heterocycles. The molecule has 0 bridgehead atoms. The minimum Gasteiger partial charge on any atom is -0.303 e. The summed E-state index contributed by atoms with van der Waals surface area (Å²) in [7, 11) is 0. The Bertz CT molecular complexity index is 99.9. The lowest BCUT2D eigenvalue weighted by Gasteiger charge is -2.16. The van der Waals surface area contributed by atoms with E-state index in [1.54, 1.807) is 0 Å². The highest BCUT2D eigenvalue weighted by Gasteiger charge is 2.08. The highest BCUT2D eigenvalue weighted by atomic mass is 16.1. The number of carbonyl (C=O) groups excluding carboxylic acids is 1. The standard InChI is InChI=1S/C10H19O/c1-10(2,3)8-6-4-5-7-9-11/h6,9H,4-5,7-8H2,1-3H3. The van der Waals surface area contributed by atoms with Crippen molar-refractivity contribution in [2.75, 3.05) is 0 Å². The Morgan fingerprint density at radius 3 is 2.27 bits per heavy atom. The van der Waals surface area contributed by atoms with Crippen molar-refractivity contribution in [1.82, 2.24) is 0 Å². The van der Waals surface area contributed by atoms with Crippen molar-refractivity contribution < 1.29 is 4.79 Å². The van der Waals surface area contributed by atoms with E-state index >= 15 is 0 Å². The van der Waals surface area contributed by atoms with Crippen molar-refractivity contribution in [3.05, 3.63) is 6.42 Å². The van der Waals surface area contributed by atoms with Crippen molar-refractivity contribution in [3.63, 3.8) is 0 Å². The van der Waals surface area contributed by atoms with Crippen LogP contribution in [0.15, 0.2) is 0 Å². The summed E-state index contributed by atoms with van der Waals surface area (Å²) in [6, 6.07) is 0. The van der Waals surface area contributed by atoms with Gasteiger partial charge in [0.25, 0.3) is 0 Å². The van der Waals surface area contributed by atoms with Crippen LogP contribution in [0.2, 0.25) is 0 Å². The zero-order chi connectivity index (χ0) is 8.74. The second-order valence-corrected chi connectivity index (χ2v) is 4.15. The molecule has 1 heteroatoms. The maximum absolute atomic E-state index is 9.95. The fourth-order valence-corrected chi connectivity index (χ4v) is 0.881. The molecule has 11 heavy (non-hydrogen) atoms. The van der Waals surface area contributed by atoms with E-state index in [-0.39, 0.29) is 0 Å². The van der Waals surface area contributed by atoms with Gasteiger partial charge in [0.1, 0.15) is 6.29 Å². The summed E-state index contributed by atoms with van der Waals surface area (Å²) < 4.78 is 0. The minimum atomic E-state index is 0.404. The van der Waals surface area contributed by atoms with Crippen LogP contribution in [0, 0.1) is 11.8 Å². The number of carbonyl (C=O) groups is 1. The SMILES string of the molecule is CC(C)(C)C[CH]CCCC=O. The third-order valence-electron chi connectivity index (χ3n) is 1.49. The maximum Gasteiger partial charge on any atom is 0.119 e. The largest absolute Gasteiger partial charge is 0.303 e. The molecule has 0 aliphatic carbocycles. The van der Waals surface area contributed by atoms with Gasteiger partial charge in [-0.3, -0.25) is 0 Å². The maximum atomic E-state index is 9.95. The van der Waals surface area contributed by atoms with Crippen molar-refractivity contribution in [1.29, 1.82) is 0 Å². The Morgan fingerprint density at radius 2 is 1.82 bits per heavy atom. The quantitative estimate of drug-likeness (QED) is 0.440. The van der Waals surface area contributed by atoms with Crippen LogP contribution >= 0.6 is 0 Å². The van der Waals surface area contributed by atoms with Crippen molar-refractivity contribution in [2.24, 2.45) is 5.41 Å². The number of hydrogen-bond donors (Lipinski definition) is 0. The summed E-state index contributed by atoms with van der Waals surface area (Å²) in [5.41, 5.74) is 0.404. The lowest BCUT2D eigenvalue weighted by molar-refractivity contribution is -0.107. The van der Waals surface area contributed by atoms with Gasteiger partial charge in [0.05, 0.1) is 0 Å². The van der Waals surface area contributed by atoms with E-state index < -0.39 is 0 Å². The van der Waals surface area contributed by atoms with Crippen LogP contribution in [0.5, 0.6) is 0 Å². The average Bonchev–Trinajstić information content (AvgIpc) is 1.85. The molecule has 0 amide bonds. The first-order valence-corrected chi connectivity index (χ1v) is 4.31. The summed E-state index contributed by atoms with van der Waals surface area (Å²) >= 11 is 0. The zero-order valence-electron chi connectivity index (χ0n) is 7.89. The molecule has 0 N–H and O–H groups in total. The first-order chi connectivity index (χ1) is 5.06. The van der Waals surface area contributed by atoms with E-state index in [4.69, 9.17) is 0 Å². The molecule has 1 nitrogen and oxygen atoms in total. The van der Waals surface area contributed by atoms with Gasteiger partial charge in [-0.05, 0) is 31.1 Å². The van der Waals surface area contributed by atoms with Crippen LogP contribution in [0.25, 0.3) is 0 Å². The number of unbranched alkanes of at least 4 members (excludes halogenated alkanes) is 3. The molecule has 0 unspecified atom stereocenters. The van der Waals surface area contributed by atoms with Gasteiger partial charge in [0.2, 0.25) is 0 Å². The molecule has 0 aromatic carbocycles. The first-order valence-electron chi connectivity index (χ1n) is 4.31. The summed E-state index contributed by atoms with van der Waals surface area (Å²) in [6.45, 7) is 6.68. The molecule has 0 spiro atoms. The second kappa shape index (κ2) is 5.34. The van der Waals surface area contributed by atoms with Gasteiger partial charge in [0.15, 0.2) is 0 Å². The Kier molecular flexibility index (Phi) is 5.18. The highest BCUT2D eigenvalue weighted by molar-refractivity contribution is 5.48. The topological polar surface area (TPSA) is 17.1 Å². The minimum absolute atomic E-state index is 0.404. The number of aldehydes is 1. The summed E-state index contributed by atoms with van der Waals surface area (Å²) in [5, 5.41) is 0. The lowest BCUT2D eigenvalue weighted by Crippen LogP contribution is -2.04. The van der Waals surface area contributed by atoms with Crippen LogP contribution < -0.4 is 0 Å². The fraction of sp³-hybridized carbons (Fsp3) is 0.800. The van der Waals surface area contributed by atoms with Gasteiger partial charge in [0, 0.05) is 6.42 Å². The van der Waals surface area contributed by atoms with Crippen LogP contribution in [0.3, 0.4) is 0 Å². The van der Waals surface area contributed by atoms with Crippen molar-refractivity contribution in [2.45, 2.75) is 46.5 Å². The monoisotopic (exact) mass is 155 g/mol. The van der Waals surface area contributed by atoms with Gasteiger partial charge in [-0.2, -0.15) is 0 Å². The Labute approximate surface area is 70.2 Å². The molecule has 0 fully saturated rings. The Morgan fingerprint density at radius 1 is 1.18 bits per heavy atom. The smallest absolute Gasteiger partial charge is 0.119 e. The lowest BCUT2D eigenvalue weighted by atomic mass is 9.89. The molecule has 0 aliphatic heterocycles. The second-order valence-electron chi connectivity index (χ2n) is 4.15. The molecule has 0 saturated carbocycles. The van der Waals surface area contributed by atoms with Crippen LogP contribution in [-0.4, -0.2) is 6.29 Å². The van der Waals surface area contributed by atoms with E-state index in [9.17, 15) is 4.79 Å². The predicted molar refractivity (Wildman–Crippen MR) is 48.3 cm³/mol. The van der Waals surface area contributed by atoms with E-state index in [0.29, 0.717) is 11.8 Å². The van der Waals surface area contributed by atoms with E-state index in [1.807, 2.05) is 0 Å². The summed E-state index contributed by atoms with van der Waals surface area (Å²) in [4.78, 5) is 9.95. The third kappa shape index (κ3) is 9.67. The zero-order valence-corrected chi connectivity index (χ0v) is 7.89. The molecule has 0 atom stereocenters. The first kappa shape index (κ1) is 10.7. The molecular weight excluding hydrogens is 136 g/mol. The number of rotatable bonds is 5. The van der Waals surface area contributed by atoms with Gasteiger partial charge in [-0.15, -0.1) is 0 Å². The van der Waals surface area contributed by atoms with Crippen LogP contribution in [0.4, 0.5) is 0 Å². The van der Waals surface area contributed by atoms with Gasteiger partial charge >= 0.3 is 0 Å². The molecule has 0 saturated heterocycles. The Balaban J connectivity index is 3.08. The van der Waals surface area contributed by atoms with Crippen molar-refractivity contribution in [3.8, 4) is 0 Å². The normalized spacial score (nSPS) is 11.5. The Hall–Kier alpha value is -0.330. The van der Waals surface area contributed by atoms with E-state index in [2.05, 4.69) is 27.2 Å². The summed E-state index contributed by atoms with van der Waals surface area (Å²) in [6.07, 6.45) is 7.22. The summed E-state index contributed by atoms with van der Waals surface area (Å²) in [5.74, 6) is 0. The van der Waals surface area contributed by atoms with Gasteiger partial charge in [-0.25, -0.2) is 0 Å². The molecule has 1 radical (unpaired) electrons. The molecule has 0 aromatic heterocycles.